The zero-order valence-electron chi connectivity index (χ0n) is 12.6. The molecule has 3 rings (SSSR count). The van der Waals surface area contributed by atoms with Gasteiger partial charge < -0.3 is 10.0 Å². The molecule has 0 bridgehead atoms. The molecule has 0 radical (unpaired) electrons. The molecule has 1 N–H and O–H groups in total. The lowest BCUT2D eigenvalue weighted by atomic mass is 10.1. The molecule has 22 heavy (non-hydrogen) atoms. The van der Waals surface area contributed by atoms with Crippen LogP contribution in [0, 0.1) is 13.8 Å². The van der Waals surface area contributed by atoms with E-state index in [0.29, 0.717) is 28.0 Å². The second-order valence-electron chi connectivity index (χ2n) is 5.39. The second-order valence-corrected chi connectivity index (χ2v) is 5.39. The molecule has 7 nitrogen and oxygen atoms in total. The number of pyridine rings is 1. The number of aromatic nitrogens is 3. The van der Waals surface area contributed by atoms with E-state index in [1.807, 2.05) is 6.92 Å². The predicted octanol–water partition coefficient (Wildman–Crippen LogP) is 1.05. The van der Waals surface area contributed by atoms with E-state index in [2.05, 4.69) is 10.1 Å². The highest BCUT2D eigenvalue weighted by atomic mass is 16.4. The van der Waals surface area contributed by atoms with Gasteiger partial charge in [-0.1, -0.05) is 12.2 Å². The van der Waals surface area contributed by atoms with Gasteiger partial charge in [0.1, 0.15) is 6.04 Å². The number of aliphatic carboxylic acids is 1. The van der Waals surface area contributed by atoms with Gasteiger partial charge in [0.2, 0.25) is 0 Å². The summed E-state index contributed by atoms with van der Waals surface area (Å²) in [5.41, 5.74) is 2.47. The van der Waals surface area contributed by atoms with Crippen molar-refractivity contribution >= 4 is 22.9 Å². The zero-order valence-corrected chi connectivity index (χ0v) is 12.6. The first-order valence-electron chi connectivity index (χ1n) is 6.91. The van der Waals surface area contributed by atoms with Crippen LogP contribution in [0.2, 0.25) is 0 Å². The van der Waals surface area contributed by atoms with Crippen molar-refractivity contribution in [1.29, 1.82) is 0 Å². The van der Waals surface area contributed by atoms with Crippen molar-refractivity contribution in [2.45, 2.75) is 19.9 Å². The summed E-state index contributed by atoms with van der Waals surface area (Å²) in [6, 6.07) is 0.768. The van der Waals surface area contributed by atoms with E-state index >= 15 is 0 Å². The lowest BCUT2D eigenvalue weighted by Gasteiger charge is -2.22. The molecule has 0 unspecified atom stereocenters. The summed E-state index contributed by atoms with van der Waals surface area (Å²) in [6.07, 6.45) is 3.22. The third-order valence-electron chi connectivity index (χ3n) is 3.80. The molecule has 0 fully saturated rings. The number of rotatable bonds is 2. The van der Waals surface area contributed by atoms with Crippen LogP contribution in [-0.2, 0) is 11.8 Å². The van der Waals surface area contributed by atoms with Crippen molar-refractivity contribution in [3.05, 3.63) is 35.2 Å². The fourth-order valence-electron chi connectivity index (χ4n) is 2.84. The first-order chi connectivity index (χ1) is 10.4. The van der Waals surface area contributed by atoms with Crippen molar-refractivity contribution in [3.8, 4) is 0 Å². The van der Waals surface area contributed by atoms with Gasteiger partial charge in [0.15, 0.2) is 5.65 Å². The Balaban J connectivity index is 2.14. The molecule has 2 aromatic rings. The Labute approximate surface area is 126 Å². The minimum Gasteiger partial charge on any atom is -0.479 e. The van der Waals surface area contributed by atoms with Crippen LogP contribution in [0.5, 0.6) is 0 Å². The van der Waals surface area contributed by atoms with Gasteiger partial charge >= 0.3 is 5.97 Å². The molecule has 0 saturated carbocycles. The van der Waals surface area contributed by atoms with Crippen molar-refractivity contribution in [3.63, 3.8) is 0 Å². The molecule has 0 aliphatic carbocycles. The molecule has 2 aromatic heterocycles. The van der Waals surface area contributed by atoms with Crippen LogP contribution in [0.25, 0.3) is 11.0 Å². The number of nitrogens with zero attached hydrogens (tertiary/aromatic N) is 4. The van der Waals surface area contributed by atoms with Gasteiger partial charge in [-0.3, -0.25) is 9.48 Å². The van der Waals surface area contributed by atoms with Gasteiger partial charge in [-0.2, -0.15) is 5.10 Å². The predicted molar refractivity (Wildman–Crippen MR) is 79.6 cm³/mol. The zero-order chi connectivity index (χ0) is 16.0. The molecule has 0 aromatic carbocycles. The molecule has 1 aliphatic rings. The summed E-state index contributed by atoms with van der Waals surface area (Å²) in [4.78, 5) is 29.9. The van der Waals surface area contributed by atoms with Crippen LogP contribution in [0.4, 0.5) is 0 Å². The minimum absolute atomic E-state index is 0.290. The van der Waals surface area contributed by atoms with Crippen molar-refractivity contribution in [2.24, 2.45) is 7.05 Å². The van der Waals surface area contributed by atoms with Gasteiger partial charge in [-0.05, 0) is 19.9 Å². The SMILES string of the molecule is Cc1cc(C(=O)N2CC=C[C@H]2C(=O)O)c2c(C)nn(C)c2n1. The Morgan fingerprint density at radius 3 is 2.77 bits per heavy atom. The fourth-order valence-corrected chi connectivity index (χ4v) is 2.84. The smallest absolute Gasteiger partial charge is 0.330 e. The van der Waals surface area contributed by atoms with Crippen molar-refractivity contribution in [2.75, 3.05) is 6.54 Å². The highest BCUT2D eigenvalue weighted by Gasteiger charge is 2.32. The molecule has 1 amide bonds. The summed E-state index contributed by atoms with van der Waals surface area (Å²) in [5, 5.41) is 14.2. The maximum atomic E-state index is 12.8. The summed E-state index contributed by atoms with van der Waals surface area (Å²) >= 11 is 0. The number of carbonyl (C=O) groups excluding carboxylic acids is 1. The molecule has 3 heterocycles. The molecular weight excluding hydrogens is 284 g/mol. The average Bonchev–Trinajstić information content (AvgIpc) is 3.03. The maximum absolute atomic E-state index is 12.8. The molecule has 1 atom stereocenters. The fraction of sp³-hybridized carbons (Fsp3) is 0.333. The van der Waals surface area contributed by atoms with E-state index in [-0.39, 0.29) is 12.5 Å². The molecule has 114 valence electrons. The van der Waals surface area contributed by atoms with Gasteiger partial charge in [-0.15, -0.1) is 0 Å². The van der Waals surface area contributed by atoms with Crippen LogP contribution in [-0.4, -0.2) is 49.2 Å². The number of amides is 1. The lowest BCUT2D eigenvalue weighted by Crippen LogP contribution is -2.41. The van der Waals surface area contributed by atoms with Crippen molar-refractivity contribution < 1.29 is 14.7 Å². The second kappa shape index (κ2) is 4.94. The Kier molecular flexibility index (Phi) is 3.20. The molecular formula is C15H16N4O3. The first-order valence-corrected chi connectivity index (χ1v) is 6.91. The monoisotopic (exact) mass is 300 g/mol. The summed E-state index contributed by atoms with van der Waals surface area (Å²) in [6.45, 7) is 3.90. The largest absolute Gasteiger partial charge is 0.479 e. The summed E-state index contributed by atoms with van der Waals surface area (Å²) < 4.78 is 1.63. The number of hydrogen-bond acceptors (Lipinski definition) is 4. The number of carboxylic acids is 1. The van der Waals surface area contributed by atoms with Crippen LogP contribution in [0.15, 0.2) is 18.2 Å². The van der Waals surface area contributed by atoms with E-state index in [4.69, 9.17) is 0 Å². The summed E-state index contributed by atoms with van der Waals surface area (Å²) in [5.74, 6) is -1.35. The molecule has 0 saturated heterocycles. The number of hydrogen-bond donors (Lipinski definition) is 1. The van der Waals surface area contributed by atoms with E-state index in [1.54, 1.807) is 30.8 Å². The number of carbonyl (C=O) groups is 2. The van der Waals surface area contributed by atoms with Crippen LogP contribution in [0.1, 0.15) is 21.7 Å². The topological polar surface area (TPSA) is 88.3 Å². The maximum Gasteiger partial charge on any atom is 0.330 e. The molecule has 7 heteroatoms. The average molecular weight is 300 g/mol. The standard InChI is InChI=1S/C15H16N4O3/c1-8-7-10(12-9(2)17-18(3)13(12)16-8)14(20)19-6-4-5-11(19)15(21)22/h4-5,7,11H,6H2,1-3H3,(H,21,22)/t11-/m0/s1. The van der Waals surface area contributed by atoms with Crippen molar-refractivity contribution in [1.82, 2.24) is 19.7 Å². The van der Waals surface area contributed by atoms with E-state index in [9.17, 15) is 14.7 Å². The van der Waals surface area contributed by atoms with Gasteiger partial charge in [-0.25, -0.2) is 9.78 Å². The van der Waals surface area contributed by atoms with Crippen LogP contribution >= 0.6 is 0 Å². The number of aryl methyl sites for hydroxylation is 3. The molecule has 1 aliphatic heterocycles. The Bertz CT molecular complexity index is 822. The van der Waals surface area contributed by atoms with E-state index in [0.717, 1.165) is 0 Å². The normalized spacial score (nSPS) is 17.4. The van der Waals surface area contributed by atoms with Gasteiger partial charge in [0.25, 0.3) is 5.91 Å². The lowest BCUT2D eigenvalue weighted by molar-refractivity contribution is -0.140. The number of fused-ring (bicyclic) bond motifs is 1. The van der Waals surface area contributed by atoms with E-state index < -0.39 is 12.0 Å². The van der Waals surface area contributed by atoms with Gasteiger partial charge in [0, 0.05) is 19.3 Å². The quantitative estimate of drug-likeness (QED) is 0.837. The minimum atomic E-state index is -1.04. The third-order valence-corrected chi connectivity index (χ3v) is 3.80. The Morgan fingerprint density at radius 2 is 2.09 bits per heavy atom. The Morgan fingerprint density at radius 1 is 1.36 bits per heavy atom. The first kappa shape index (κ1) is 14.2. The summed E-state index contributed by atoms with van der Waals surface area (Å²) in [7, 11) is 1.77. The van der Waals surface area contributed by atoms with Gasteiger partial charge in [0.05, 0.1) is 16.6 Å². The van der Waals surface area contributed by atoms with Crippen LogP contribution < -0.4 is 0 Å². The van der Waals surface area contributed by atoms with E-state index in [1.165, 1.54) is 11.0 Å². The van der Waals surface area contributed by atoms with Crippen LogP contribution in [0.3, 0.4) is 0 Å². The molecule has 0 spiro atoms. The number of carboxylic acid groups (broad SMARTS) is 1. The Hall–Kier alpha value is -2.70. The highest BCUT2D eigenvalue weighted by molar-refractivity contribution is 6.08. The third kappa shape index (κ3) is 2.05. The highest BCUT2D eigenvalue weighted by Crippen LogP contribution is 2.24.